The summed E-state index contributed by atoms with van der Waals surface area (Å²) >= 11 is 1.66. The maximum absolute atomic E-state index is 12.1. The van der Waals surface area contributed by atoms with E-state index in [0.717, 1.165) is 21.7 Å². The summed E-state index contributed by atoms with van der Waals surface area (Å²) in [5, 5.41) is 8.47. The van der Waals surface area contributed by atoms with Crippen LogP contribution in [0.2, 0.25) is 0 Å². The number of rotatable bonds is 1. The van der Waals surface area contributed by atoms with Gasteiger partial charge in [-0.25, -0.2) is 0 Å². The molecule has 1 aromatic carbocycles. The Kier molecular flexibility index (Phi) is 2.59. The predicted octanol–water partition coefficient (Wildman–Crippen LogP) is 3.22. The van der Waals surface area contributed by atoms with E-state index in [9.17, 15) is 4.79 Å². The summed E-state index contributed by atoms with van der Waals surface area (Å²) in [4.78, 5) is 13.3. The van der Waals surface area contributed by atoms with Gasteiger partial charge < -0.3 is 10.6 Å². The lowest BCUT2D eigenvalue weighted by molar-refractivity contribution is 0.0936. The van der Waals surface area contributed by atoms with Gasteiger partial charge in [-0.3, -0.25) is 4.79 Å². The van der Waals surface area contributed by atoms with Crippen molar-refractivity contribution >= 4 is 22.9 Å². The van der Waals surface area contributed by atoms with Gasteiger partial charge in [0.15, 0.2) is 0 Å². The lowest BCUT2D eigenvalue weighted by atomic mass is 10.0. The van der Waals surface area contributed by atoms with Gasteiger partial charge in [0.25, 0.3) is 5.91 Å². The molecule has 2 N–H and O–H groups in total. The van der Waals surface area contributed by atoms with E-state index >= 15 is 0 Å². The molecule has 2 aromatic rings. The molecule has 0 fully saturated rings. The summed E-state index contributed by atoms with van der Waals surface area (Å²) in [6.07, 6.45) is -0.119. The fourth-order valence-electron chi connectivity index (χ4n) is 2.25. The number of carbonyl (C=O) groups excluding carboxylic acids is 1. The van der Waals surface area contributed by atoms with Crippen molar-refractivity contribution in [3.8, 4) is 0 Å². The molecule has 0 unspecified atom stereocenters. The number of hydrogen-bond donors (Lipinski definition) is 2. The van der Waals surface area contributed by atoms with Crippen LogP contribution in [0.5, 0.6) is 0 Å². The number of anilines is 1. The molecule has 2 heterocycles. The summed E-state index contributed by atoms with van der Waals surface area (Å²) in [6, 6.07) is 7.85. The van der Waals surface area contributed by atoms with E-state index in [2.05, 4.69) is 23.6 Å². The molecular weight excluding hydrogens is 244 g/mol. The standard InChI is InChI=1S/C14H14N2OS/c1-8-4-3-5-10-11(8)15-13(16-14(10)17)12-9(2)6-7-18-12/h3-7,13,15H,1-2H3,(H,16,17)/t13-/m1/s1. The number of amides is 1. The van der Waals surface area contributed by atoms with Crippen molar-refractivity contribution in [1.29, 1.82) is 0 Å². The average Bonchev–Trinajstić information content (AvgIpc) is 2.77. The molecule has 4 heteroatoms. The highest BCUT2D eigenvalue weighted by atomic mass is 32.1. The Morgan fingerprint density at radius 3 is 2.67 bits per heavy atom. The molecule has 1 aliphatic rings. The maximum Gasteiger partial charge on any atom is 0.255 e. The predicted molar refractivity (Wildman–Crippen MR) is 74.1 cm³/mol. The molecule has 0 saturated carbocycles. The van der Waals surface area contributed by atoms with Crippen molar-refractivity contribution in [3.05, 3.63) is 51.2 Å². The third-order valence-corrected chi connectivity index (χ3v) is 4.33. The van der Waals surface area contributed by atoms with Crippen LogP contribution < -0.4 is 10.6 Å². The van der Waals surface area contributed by atoms with Crippen LogP contribution in [0.15, 0.2) is 29.6 Å². The zero-order chi connectivity index (χ0) is 12.7. The highest BCUT2D eigenvalue weighted by Gasteiger charge is 2.26. The third-order valence-electron chi connectivity index (χ3n) is 3.25. The molecule has 1 aliphatic heterocycles. The Bertz CT molecular complexity index is 618. The van der Waals surface area contributed by atoms with Gasteiger partial charge in [0, 0.05) is 4.88 Å². The van der Waals surface area contributed by atoms with Gasteiger partial charge in [0.1, 0.15) is 6.17 Å². The van der Waals surface area contributed by atoms with Gasteiger partial charge >= 0.3 is 0 Å². The van der Waals surface area contributed by atoms with Gasteiger partial charge in [-0.05, 0) is 42.5 Å². The molecule has 1 amide bonds. The lowest BCUT2D eigenvalue weighted by Crippen LogP contribution is -2.38. The molecule has 0 radical (unpaired) electrons. The third kappa shape index (κ3) is 1.69. The minimum absolute atomic E-state index is 0.00903. The first-order valence-corrected chi connectivity index (χ1v) is 6.76. The molecule has 0 saturated heterocycles. The molecule has 1 atom stereocenters. The van der Waals surface area contributed by atoms with Crippen molar-refractivity contribution in [2.45, 2.75) is 20.0 Å². The first kappa shape index (κ1) is 11.3. The van der Waals surface area contributed by atoms with E-state index in [1.165, 1.54) is 5.56 Å². The fourth-order valence-corrected chi connectivity index (χ4v) is 3.18. The van der Waals surface area contributed by atoms with E-state index < -0.39 is 0 Å². The summed E-state index contributed by atoms with van der Waals surface area (Å²) in [5.41, 5.74) is 3.97. The molecule has 1 aromatic heterocycles. The molecule has 3 nitrogen and oxygen atoms in total. The minimum atomic E-state index is -0.119. The Balaban J connectivity index is 2.04. The molecule has 92 valence electrons. The van der Waals surface area contributed by atoms with Gasteiger partial charge in [-0.2, -0.15) is 0 Å². The van der Waals surface area contributed by atoms with Crippen LogP contribution in [0.3, 0.4) is 0 Å². The number of thiophene rings is 1. The van der Waals surface area contributed by atoms with Crippen molar-refractivity contribution < 1.29 is 4.79 Å². The Hall–Kier alpha value is -1.81. The van der Waals surface area contributed by atoms with Crippen LogP contribution in [0.1, 0.15) is 32.5 Å². The molecule has 0 spiro atoms. The number of benzene rings is 1. The van der Waals surface area contributed by atoms with Gasteiger partial charge in [-0.15, -0.1) is 11.3 Å². The van der Waals surface area contributed by atoms with E-state index in [1.54, 1.807) is 11.3 Å². The Morgan fingerprint density at radius 1 is 1.11 bits per heavy atom. The van der Waals surface area contributed by atoms with Gasteiger partial charge in [0.05, 0.1) is 11.3 Å². The van der Waals surface area contributed by atoms with Crippen LogP contribution in [0.4, 0.5) is 5.69 Å². The largest absolute Gasteiger partial charge is 0.360 e. The number of aryl methyl sites for hydroxylation is 2. The number of hydrogen-bond acceptors (Lipinski definition) is 3. The van der Waals surface area contributed by atoms with E-state index in [-0.39, 0.29) is 12.1 Å². The summed E-state index contributed by atoms with van der Waals surface area (Å²) < 4.78 is 0. The topological polar surface area (TPSA) is 41.1 Å². The minimum Gasteiger partial charge on any atom is -0.360 e. The van der Waals surface area contributed by atoms with Crippen molar-refractivity contribution in [2.75, 3.05) is 5.32 Å². The Morgan fingerprint density at radius 2 is 1.94 bits per heavy atom. The number of para-hydroxylation sites is 1. The number of carbonyl (C=O) groups is 1. The van der Waals surface area contributed by atoms with Crippen LogP contribution in [0, 0.1) is 13.8 Å². The molecule has 0 bridgehead atoms. The highest BCUT2D eigenvalue weighted by molar-refractivity contribution is 7.10. The van der Waals surface area contributed by atoms with Crippen LogP contribution >= 0.6 is 11.3 Å². The van der Waals surface area contributed by atoms with Crippen molar-refractivity contribution in [1.82, 2.24) is 5.32 Å². The first-order chi connectivity index (χ1) is 8.66. The highest BCUT2D eigenvalue weighted by Crippen LogP contribution is 2.32. The maximum atomic E-state index is 12.1. The van der Waals surface area contributed by atoms with Gasteiger partial charge in [0.2, 0.25) is 0 Å². The fraction of sp³-hybridized carbons (Fsp3) is 0.214. The second-order valence-electron chi connectivity index (χ2n) is 4.52. The summed E-state index contributed by atoms with van der Waals surface area (Å²) in [7, 11) is 0. The van der Waals surface area contributed by atoms with Gasteiger partial charge in [-0.1, -0.05) is 12.1 Å². The second-order valence-corrected chi connectivity index (χ2v) is 5.46. The van der Waals surface area contributed by atoms with E-state index in [1.807, 2.05) is 30.5 Å². The smallest absolute Gasteiger partial charge is 0.255 e. The molecule has 18 heavy (non-hydrogen) atoms. The molecule has 3 rings (SSSR count). The summed E-state index contributed by atoms with van der Waals surface area (Å²) in [6.45, 7) is 4.08. The monoisotopic (exact) mass is 258 g/mol. The molecular formula is C14H14N2OS. The van der Waals surface area contributed by atoms with E-state index in [0.29, 0.717) is 0 Å². The second kappa shape index (κ2) is 4.14. The van der Waals surface area contributed by atoms with Crippen molar-refractivity contribution in [3.63, 3.8) is 0 Å². The van der Waals surface area contributed by atoms with Crippen molar-refractivity contribution in [2.24, 2.45) is 0 Å². The zero-order valence-corrected chi connectivity index (χ0v) is 11.1. The molecule has 0 aliphatic carbocycles. The van der Waals surface area contributed by atoms with E-state index in [4.69, 9.17) is 0 Å². The average molecular weight is 258 g/mol. The van der Waals surface area contributed by atoms with Crippen LogP contribution in [0.25, 0.3) is 0 Å². The summed E-state index contributed by atoms with van der Waals surface area (Å²) in [5.74, 6) is -0.00903. The quantitative estimate of drug-likeness (QED) is 0.824. The lowest BCUT2D eigenvalue weighted by Gasteiger charge is -2.28. The zero-order valence-electron chi connectivity index (χ0n) is 10.3. The SMILES string of the molecule is Cc1ccsc1[C@H]1NC(=O)c2cccc(C)c2N1. The Labute approximate surface area is 110 Å². The number of nitrogens with one attached hydrogen (secondary N) is 2. The normalized spacial score (nSPS) is 17.9. The first-order valence-electron chi connectivity index (χ1n) is 5.88. The number of fused-ring (bicyclic) bond motifs is 1. The van der Waals surface area contributed by atoms with Crippen LogP contribution in [-0.2, 0) is 0 Å². The van der Waals surface area contributed by atoms with Crippen LogP contribution in [-0.4, -0.2) is 5.91 Å².